The molecule has 0 radical (unpaired) electrons. The summed E-state index contributed by atoms with van der Waals surface area (Å²) < 4.78 is 7.53. The molecule has 0 aromatic rings. The van der Waals surface area contributed by atoms with Gasteiger partial charge in [0.15, 0.2) is 0 Å². The Labute approximate surface area is 207 Å². The van der Waals surface area contributed by atoms with E-state index in [1.807, 2.05) is 0 Å². The van der Waals surface area contributed by atoms with Crippen molar-refractivity contribution in [2.75, 3.05) is 0 Å². The number of nitrogens with two attached hydrogens (primary N) is 2. The van der Waals surface area contributed by atoms with Crippen LogP contribution in [0.3, 0.4) is 0 Å². The van der Waals surface area contributed by atoms with E-state index in [1.165, 1.54) is 102 Å². The monoisotopic (exact) mass is 467 g/mol. The molecule has 190 valence electrons. The summed E-state index contributed by atoms with van der Waals surface area (Å²) >= 11 is 0. The van der Waals surface area contributed by atoms with Crippen molar-refractivity contribution in [1.29, 1.82) is 0 Å². The van der Waals surface area contributed by atoms with Gasteiger partial charge in [-0.15, -0.1) is 0 Å². The molecule has 34 heavy (non-hydrogen) atoms. The van der Waals surface area contributed by atoms with Gasteiger partial charge in [-0.1, -0.05) is 38.2 Å². The number of nitrogens with one attached hydrogen (secondary N) is 1. The maximum absolute atomic E-state index is 7.53. The minimum absolute atomic E-state index is 0.000807. The molecule has 1 unspecified atom stereocenters. The highest BCUT2D eigenvalue weighted by atomic mass is 16.5. The second-order valence-corrected chi connectivity index (χ2v) is 13.6. The van der Waals surface area contributed by atoms with E-state index >= 15 is 0 Å². The van der Waals surface area contributed by atoms with Crippen LogP contribution in [0.2, 0.25) is 0 Å². The lowest BCUT2D eigenvalue weighted by molar-refractivity contribution is -0.298. The van der Waals surface area contributed by atoms with Gasteiger partial charge in [0, 0.05) is 18.2 Å². The smallest absolute Gasteiger partial charge is 0.0934 e. The summed E-state index contributed by atoms with van der Waals surface area (Å²) in [5, 5.41) is 3.32. The minimum Gasteiger partial charge on any atom is -0.372 e. The van der Waals surface area contributed by atoms with E-state index in [-0.39, 0.29) is 17.4 Å². The quantitative estimate of drug-likeness (QED) is 0.480. The third-order valence-corrected chi connectivity index (χ3v) is 11.5. The molecule has 1 spiro atoms. The molecule has 0 aromatic heterocycles. The number of hydrogen-bond donors (Lipinski definition) is 3. The van der Waals surface area contributed by atoms with E-state index in [2.05, 4.69) is 30.6 Å². The van der Waals surface area contributed by atoms with E-state index in [0.717, 1.165) is 12.3 Å². The third kappa shape index (κ3) is 4.10. The van der Waals surface area contributed by atoms with E-state index in [1.54, 1.807) is 0 Å². The van der Waals surface area contributed by atoms with Crippen LogP contribution in [-0.2, 0) is 4.74 Å². The molecule has 4 saturated carbocycles. The van der Waals surface area contributed by atoms with Crippen molar-refractivity contribution >= 4 is 0 Å². The Bertz CT molecular complexity index is 810. The largest absolute Gasteiger partial charge is 0.372 e. The predicted octanol–water partition coefficient (Wildman–Crippen LogP) is 5.92. The maximum Gasteiger partial charge on any atom is 0.0934 e. The minimum atomic E-state index is -0.0345. The molecule has 4 heteroatoms. The molecule has 6 fully saturated rings. The average molecular weight is 468 g/mol. The summed E-state index contributed by atoms with van der Waals surface area (Å²) in [4.78, 5) is 0. The summed E-state index contributed by atoms with van der Waals surface area (Å²) in [5.41, 5.74) is 15.0. The Kier molecular flexibility index (Phi) is 6.18. The first-order valence-corrected chi connectivity index (χ1v) is 14.7. The summed E-state index contributed by atoms with van der Waals surface area (Å²) in [5.74, 6) is 2.69. The van der Waals surface area contributed by atoms with Crippen LogP contribution in [0.15, 0.2) is 23.9 Å². The maximum atomic E-state index is 7.53. The summed E-state index contributed by atoms with van der Waals surface area (Å²) in [6.07, 6.45) is 28.0. The van der Waals surface area contributed by atoms with E-state index < -0.39 is 0 Å². The highest BCUT2D eigenvalue weighted by Crippen LogP contribution is 2.63. The molecule has 7 atom stereocenters. The SMILES string of the molecule is C[C@]1(C2CCCCC2)O[C@@]2([C@@H]3C[C@H](CC4=CNC(N)C=C4)CC4(CCCC4)C3)CC[C@@H]1[C@H](N)C2. The Morgan fingerprint density at radius 3 is 2.44 bits per heavy atom. The fourth-order valence-electron chi connectivity index (χ4n) is 9.96. The normalized spacial score (nSPS) is 46.4. The standard InChI is InChI=1S/C30H49N3O/c1-28(23-7-3-2-4-8-23)25-11-14-30(34-28,19-26(25)31)24-16-22(15-21-9-10-27(32)33-20-21)17-29(18-24)12-5-6-13-29/h9-10,20,22-27,33H,2-8,11-19,31-32H2,1H3/t22-,24+,25+,26+,27?,28+,30-/m0/s1. The molecule has 5 N–H and O–H groups in total. The van der Waals surface area contributed by atoms with E-state index in [9.17, 15) is 0 Å². The first kappa shape index (κ1) is 23.6. The van der Waals surface area contributed by atoms with Crippen molar-refractivity contribution in [3.05, 3.63) is 23.9 Å². The summed E-state index contributed by atoms with van der Waals surface area (Å²) in [6.45, 7) is 2.48. The van der Waals surface area contributed by atoms with Crippen LogP contribution in [0, 0.1) is 29.1 Å². The number of allylic oxidation sites excluding steroid dienone is 2. The lowest BCUT2D eigenvalue weighted by Crippen LogP contribution is -2.69. The summed E-state index contributed by atoms with van der Waals surface area (Å²) in [7, 11) is 0. The van der Waals surface area contributed by atoms with Crippen LogP contribution in [0.5, 0.6) is 0 Å². The van der Waals surface area contributed by atoms with Crippen molar-refractivity contribution in [2.45, 2.75) is 133 Å². The van der Waals surface area contributed by atoms with Gasteiger partial charge >= 0.3 is 0 Å². The van der Waals surface area contributed by atoms with Gasteiger partial charge in [-0.05, 0) is 112 Å². The second-order valence-electron chi connectivity index (χ2n) is 13.6. The fourth-order valence-corrected chi connectivity index (χ4v) is 9.96. The molecule has 3 heterocycles. The molecule has 4 nitrogen and oxygen atoms in total. The summed E-state index contributed by atoms with van der Waals surface area (Å²) in [6, 6.07) is 0.323. The van der Waals surface area contributed by atoms with Gasteiger partial charge in [0.2, 0.25) is 0 Å². The van der Waals surface area contributed by atoms with E-state index in [0.29, 0.717) is 29.2 Å². The molecular weight excluding hydrogens is 418 g/mol. The molecule has 2 saturated heterocycles. The van der Waals surface area contributed by atoms with Crippen molar-refractivity contribution in [2.24, 2.45) is 40.6 Å². The zero-order valence-electron chi connectivity index (χ0n) is 21.6. The van der Waals surface area contributed by atoms with Crippen LogP contribution >= 0.6 is 0 Å². The first-order valence-electron chi connectivity index (χ1n) is 14.7. The van der Waals surface area contributed by atoms with Gasteiger partial charge in [-0.2, -0.15) is 0 Å². The zero-order valence-corrected chi connectivity index (χ0v) is 21.6. The van der Waals surface area contributed by atoms with Crippen molar-refractivity contribution in [1.82, 2.24) is 5.32 Å². The van der Waals surface area contributed by atoms with Gasteiger partial charge < -0.3 is 21.5 Å². The van der Waals surface area contributed by atoms with Gasteiger partial charge in [0.1, 0.15) is 0 Å². The molecule has 4 aliphatic carbocycles. The van der Waals surface area contributed by atoms with Crippen LogP contribution in [0.25, 0.3) is 0 Å². The molecule has 0 aromatic carbocycles. The van der Waals surface area contributed by atoms with Gasteiger partial charge in [-0.25, -0.2) is 0 Å². The van der Waals surface area contributed by atoms with Crippen molar-refractivity contribution in [3.63, 3.8) is 0 Å². The fraction of sp³-hybridized carbons (Fsp3) is 0.867. The molecule has 0 amide bonds. The van der Waals surface area contributed by atoms with Crippen molar-refractivity contribution in [3.8, 4) is 0 Å². The number of fused-ring (bicyclic) bond motifs is 3. The molecular formula is C30H49N3O. The van der Waals surface area contributed by atoms with Crippen LogP contribution in [-0.4, -0.2) is 23.4 Å². The van der Waals surface area contributed by atoms with Gasteiger partial charge in [-0.3, -0.25) is 0 Å². The Morgan fingerprint density at radius 2 is 1.74 bits per heavy atom. The van der Waals surface area contributed by atoms with Crippen LogP contribution in [0.1, 0.15) is 110 Å². The van der Waals surface area contributed by atoms with Gasteiger partial charge in [0.05, 0.1) is 17.4 Å². The lowest BCUT2D eigenvalue weighted by Gasteiger charge is -2.65. The first-order chi connectivity index (χ1) is 16.4. The molecule has 3 aliphatic heterocycles. The third-order valence-electron chi connectivity index (χ3n) is 11.5. The predicted molar refractivity (Wildman–Crippen MR) is 139 cm³/mol. The molecule has 7 rings (SSSR count). The van der Waals surface area contributed by atoms with Crippen LogP contribution < -0.4 is 16.8 Å². The topological polar surface area (TPSA) is 73.3 Å². The highest BCUT2D eigenvalue weighted by Gasteiger charge is 2.62. The molecule has 7 aliphatic rings. The molecule has 2 bridgehead atoms. The second kappa shape index (κ2) is 8.92. The lowest BCUT2D eigenvalue weighted by atomic mass is 9.52. The number of ether oxygens (including phenoxy) is 1. The highest BCUT2D eigenvalue weighted by molar-refractivity contribution is 5.24. The number of dihydropyridines is 1. The Morgan fingerprint density at radius 1 is 0.941 bits per heavy atom. The zero-order chi connectivity index (χ0) is 23.4. The van der Waals surface area contributed by atoms with Crippen LogP contribution in [0.4, 0.5) is 0 Å². The van der Waals surface area contributed by atoms with Gasteiger partial charge in [0.25, 0.3) is 0 Å². The van der Waals surface area contributed by atoms with Crippen molar-refractivity contribution < 1.29 is 4.74 Å². The Balaban J connectivity index is 1.27. The Hall–Kier alpha value is -0.840. The van der Waals surface area contributed by atoms with E-state index in [4.69, 9.17) is 16.2 Å². The number of hydrogen-bond acceptors (Lipinski definition) is 4. The average Bonchev–Trinajstić information content (AvgIpc) is 3.28. The number of rotatable bonds is 4.